The number of methoxy groups -OCH3 is 1. The number of fused-ring (bicyclic) bond motifs is 4. The van der Waals surface area contributed by atoms with E-state index in [1.54, 1.807) is 7.11 Å². The normalized spacial score (nSPS) is 11.3. The molecular formula is C22H18N4O. The summed E-state index contributed by atoms with van der Waals surface area (Å²) in [5, 5.41) is 5.69. The fraction of sp³-hybridized carbons (Fsp3) is 0.0455. The highest BCUT2D eigenvalue weighted by Crippen LogP contribution is 2.38. The van der Waals surface area contributed by atoms with Crippen molar-refractivity contribution in [1.82, 2.24) is 9.97 Å². The third kappa shape index (κ3) is 2.44. The summed E-state index contributed by atoms with van der Waals surface area (Å²) in [5.41, 5.74) is 12.3. The Balaban J connectivity index is 1.83. The molecule has 0 fully saturated rings. The molecule has 5 aromatic rings. The van der Waals surface area contributed by atoms with E-state index in [1.165, 1.54) is 0 Å². The second-order valence-corrected chi connectivity index (χ2v) is 6.48. The summed E-state index contributed by atoms with van der Waals surface area (Å²) in [6, 6.07) is 21.9. The third-order valence-corrected chi connectivity index (χ3v) is 4.82. The van der Waals surface area contributed by atoms with Crippen molar-refractivity contribution >= 4 is 49.9 Å². The SMILES string of the molecule is COc1cc(N)ccc1Nc1c2ccccc2nc2c1[nH]c1ccccc12. The predicted octanol–water partition coefficient (Wildman–Crippen LogP) is 5.20. The number of H-pyrrole nitrogens is 1. The highest BCUT2D eigenvalue weighted by atomic mass is 16.5. The van der Waals surface area contributed by atoms with Crippen molar-refractivity contribution in [3.8, 4) is 5.75 Å². The lowest BCUT2D eigenvalue weighted by Crippen LogP contribution is -1.98. The zero-order valence-electron chi connectivity index (χ0n) is 14.8. The van der Waals surface area contributed by atoms with Crippen LogP contribution in [0.2, 0.25) is 0 Å². The second kappa shape index (κ2) is 5.92. The second-order valence-electron chi connectivity index (χ2n) is 6.48. The molecule has 0 aliphatic rings. The molecule has 0 unspecified atom stereocenters. The van der Waals surface area contributed by atoms with Crippen molar-refractivity contribution in [2.45, 2.75) is 0 Å². The monoisotopic (exact) mass is 354 g/mol. The summed E-state index contributed by atoms with van der Waals surface area (Å²) >= 11 is 0. The lowest BCUT2D eigenvalue weighted by atomic mass is 10.1. The first kappa shape index (κ1) is 15.5. The third-order valence-electron chi connectivity index (χ3n) is 4.82. The van der Waals surface area contributed by atoms with Crippen LogP contribution in [0.1, 0.15) is 0 Å². The van der Waals surface area contributed by atoms with Crippen molar-refractivity contribution < 1.29 is 4.74 Å². The number of hydrogen-bond acceptors (Lipinski definition) is 4. The van der Waals surface area contributed by atoms with Crippen molar-refractivity contribution in [2.75, 3.05) is 18.2 Å². The number of ether oxygens (including phenoxy) is 1. The largest absolute Gasteiger partial charge is 0.494 e. The van der Waals surface area contributed by atoms with Gasteiger partial charge in [0.1, 0.15) is 5.75 Å². The molecule has 132 valence electrons. The molecule has 0 saturated carbocycles. The maximum absolute atomic E-state index is 5.90. The van der Waals surface area contributed by atoms with Gasteiger partial charge in [0.15, 0.2) is 0 Å². The van der Waals surface area contributed by atoms with E-state index in [1.807, 2.05) is 48.5 Å². The molecule has 2 heterocycles. The Morgan fingerprint density at radius 1 is 0.963 bits per heavy atom. The number of anilines is 3. The van der Waals surface area contributed by atoms with Crippen LogP contribution in [0.3, 0.4) is 0 Å². The van der Waals surface area contributed by atoms with Gasteiger partial charge in [0.25, 0.3) is 0 Å². The molecule has 0 aliphatic heterocycles. The quantitative estimate of drug-likeness (QED) is 0.389. The van der Waals surface area contributed by atoms with Gasteiger partial charge in [0.05, 0.1) is 35.0 Å². The maximum atomic E-state index is 5.90. The summed E-state index contributed by atoms with van der Waals surface area (Å²) in [7, 11) is 1.64. The Morgan fingerprint density at radius 3 is 2.59 bits per heavy atom. The van der Waals surface area contributed by atoms with E-state index in [9.17, 15) is 0 Å². The molecule has 3 aromatic carbocycles. The summed E-state index contributed by atoms with van der Waals surface area (Å²) in [6.45, 7) is 0. The van der Waals surface area contributed by atoms with Gasteiger partial charge in [-0.25, -0.2) is 4.98 Å². The summed E-state index contributed by atoms with van der Waals surface area (Å²) in [5.74, 6) is 0.695. The number of nitrogens with two attached hydrogens (primary N) is 1. The molecule has 2 aromatic heterocycles. The Labute approximate surface area is 155 Å². The Hall–Kier alpha value is -3.73. The van der Waals surface area contributed by atoms with E-state index in [4.69, 9.17) is 15.5 Å². The van der Waals surface area contributed by atoms with Crippen LogP contribution in [0.25, 0.3) is 32.8 Å². The predicted molar refractivity (Wildman–Crippen MR) is 112 cm³/mol. The first-order valence-electron chi connectivity index (χ1n) is 8.74. The summed E-state index contributed by atoms with van der Waals surface area (Å²) < 4.78 is 5.51. The highest BCUT2D eigenvalue weighted by molar-refractivity contribution is 6.16. The standard InChI is InChI=1S/C22H18N4O/c1-27-19-12-13(23)10-11-18(19)26-21-14-6-2-4-8-16(14)24-20-15-7-3-5-9-17(15)25-22(20)21/h2-12,25H,23H2,1H3,(H,24,26). The van der Waals surface area contributed by atoms with Crippen LogP contribution < -0.4 is 15.8 Å². The van der Waals surface area contributed by atoms with Gasteiger partial charge in [-0.1, -0.05) is 36.4 Å². The number of pyridine rings is 1. The molecule has 0 bridgehead atoms. The highest BCUT2D eigenvalue weighted by Gasteiger charge is 2.15. The summed E-state index contributed by atoms with van der Waals surface area (Å²) in [6.07, 6.45) is 0. The van der Waals surface area contributed by atoms with E-state index < -0.39 is 0 Å². The van der Waals surface area contributed by atoms with Gasteiger partial charge in [-0.15, -0.1) is 0 Å². The Morgan fingerprint density at radius 2 is 1.74 bits per heavy atom. The van der Waals surface area contributed by atoms with Gasteiger partial charge in [0, 0.05) is 28.0 Å². The van der Waals surface area contributed by atoms with Gasteiger partial charge in [-0.3, -0.25) is 0 Å². The van der Waals surface area contributed by atoms with Crippen LogP contribution in [-0.2, 0) is 0 Å². The van der Waals surface area contributed by atoms with Gasteiger partial charge in [-0.2, -0.15) is 0 Å². The van der Waals surface area contributed by atoms with E-state index in [0.29, 0.717) is 11.4 Å². The number of para-hydroxylation sites is 2. The van der Waals surface area contributed by atoms with Gasteiger partial charge in [0.2, 0.25) is 0 Å². The maximum Gasteiger partial charge on any atom is 0.144 e. The van der Waals surface area contributed by atoms with Crippen LogP contribution in [0.15, 0.2) is 66.7 Å². The van der Waals surface area contributed by atoms with Crippen molar-refractivity contribution in [2.24, 2.45) is 0 Å². The van der Waals surface area contributed by atoms with Crippen LogP contribution in [-0.4, -0.2) is 17.1 Å². The molecule has 0 spiro atoms. The summed E-state index contributed by atoms with van der Waals surface area (Å²) in [4.78, 5) is 8.42. The van der Waals surface area contributed by atoms with Crippen molar-refractivity contribution in [3.63, 3.8) is 0 Å². The minimum Gasteiger partial charge on any atom is -0.494 e. The first-order valence-corrected chi connectivity index (χ1v) is 8.74. The molecule has 0 amide bonds. The molecule has 5 heteroatoms. The number of aromatic amines is 1. The molecular weight excluding hydrogens is 336 g/mol. The molecule has 0 atom stereocenters. The lowest BCUT2D eigenvalue weighted by Gasteiger charge is -2.14. The van der Waals surface area contributed by atoms with Crippen LogP contribution in [0.5, 0.6) is 5.75 Å². The van der Waals surface area contributed by atoms with Crippen molar-refractivity contribution in [3.05, 3.63) is 66.7 Å². The van der Waals surface area contributed by atoms with E-state index in [0.717, 1.165) is 44.2 Å². The number of nitrogens with zero attached hydrogens (tertiary/aromatic N) is 1. The fourth-order valence-corrected chi connectivity index (χ4v) is 3.54. The Kier molecular flexibility index (Phi) is 3.40. The van der Waals surface area contributed by atoms with Gasteiger partial charge >= 0.3 is 0 Å². The van der Waals surface area contributed by atoms with E-state index >= 15 is 0 Å². The van der Waals surface area contributed by atoms with Crippen molar-refractivity contribution in [1.29, 1.82) is 0 Å². The molecule has 0 radical (unpaired) electrons. The fourth-order valence-electron chi connectivity index (χ4n) is 3.54. The molecule has 5 nitrogen and oxygen atoms in total. The molecule has 5 rings (SSSR count). The minimum atomic E-state index is 0.660. The van der Waals surface area contributed by atoms with Gasteiger partial charge in [-0.05, 0) is 24.3 Å². The number of aromatic nitrogens is 2. The molecule has 0 saturated heterocycles. The van der Waals surface area contributed by atoms with Gasteiger partial charge < -0.3 is 20.8 Å². The first-order chi connectivity index (χ1) is 13.2. The average Bonchev–Trinajstić information content (AvgIpc) is 3.07. The van der Waals surface area contributed by atoms with E-state index in [-0.39, 0.29) is 0 Å². The van der Waals surface area contributed by atoms with Crippen LogP contribution in [0, 0.1) is 0 Å². The zero-order valence-corrected chi connectivity index (χ0v) is 14.8. The minimum absolute atomic E-state index is 0.660. The zero-order chi connectivity index (χ0) is 18.4. The average molecular weight is 354 g/mol. The number of benzene rings is 3. The number of rotatable bonds is 3. The lowest BCUT2D eigenvalue weighted by molar-refractivity contribution is 0.417. The van der Waals surface area contributed by atoms with Crippen LogP contribution in [0.4, 0.5) is 17.1 Å². The Bertz CT molecular complexity index is 1310. The number of nitrogen functional groups attached to an aromatic ring is 1. The molecule has 4 N–H and O–H groups in total. The number of hydrogen-bond donors (Lipinski definition) is 3. The topological polar surface area (TPSA) is 76.0 Å². The smallest absolute Gasteiger partial charge is 0.144 e. The number of nitrogens with one attached hydrogen (secondary N) is 2. The van der Waals surface area contributed by atoms with E-state index in [2.05, 4.69) is 28.5 Å². The molecule has 27 heavy (non-hydrogen) atoms. The molecule has 0 aliphatic carbocycles. The van der Waals surface area contributed by atoms with Crippen LogP contribution >= 0.6 is 0 Å².